The van der Waals surface area contributed by atoms with Gasteiger partial charge in [0.1, 0.15) is 17.3 Å². The zero-order chi connectivity index (χ0) is 23.8. The number of fused-ring (bicyclic) bond motifs is 2. The van der Waals surface area contributed by atoms with Gasteiger partial charge < -0.3 is 20.9 Å². The molecule has 9 heteroatoms. The minimum atomic E-state index is -0.207. The predicted octanol–water partition coefficient (Wildman–Crippen LogP) is 2.93. The van der Waals surface area contributed by atoms with Gasteiger partial charge in [-0.05, 0) is 61.2 Å². The summed E-state index contributed by atoms with van der Waals surface area (Å²) in [6.07, 6.45) is 3.64. The highest BCUT2D eigenvalue weighted by molar-refractivity contribution is 5.92. The van der Waals surface area contributed by atoms with Crippen molar-refractivity contribution in [3.63, 3.8) is 0 Å². The Morgan fingerprint density at radius 3 is 2.79 bits per heavy atom. The molecule has 0 unspecified atom stereocenters. The van der Waals surface area contributed by atoms with Crippen LogP contribution in [-0.2, 0) is 26.2 Å². The van der Waals surface area contributed by atoms with Crippen LogP contribution in [0.25, 0.3) is 0 Å². The first-order valence-electron chi connectivity index (χ1n) is 11.3. The van der Waals surface area contributed by atoms with Crippen LogP contribution in [0.3, 0.4) is 0 Å². The molecule has 0 saturated carbocycles. The molecule has 1 aromatic carbocycles. The standard InChI is InChI=1S/C25H28N8O/c1-15-8-23(26)30-17(3)20(15)10-28-25(34)22-14-32-13-19-5-4-18(12-33-16(2)6-7-29-33)9-21(19)27-11-24(32)31-22/h4-9,14,27H,10-13H2,1-3H3,(H2,26,30)(H,28,34). The second-order valence-electron chi connectivity index (χ2n) is 8.76. The van der Waals surface area contributed by atoms with Gasteiger partial charge in [-0.2, -0.15) is 5.10 Å². The van der Waals surface area contributed by atoms with Gasteiger partial charge in [0.25, 0.3) is 5.91 Å². The number of carbonyl (C=O) groups is 1. The fourth-order valence-corrected chi connectivity index (χ4v) is 4.38. The van der Waals surface area contributed by atoms with Crippen molar-refractivity contribution in [2.75, 3.05) is 11.1 Å². The number of rotatable bonds is 5. The van der Waals surface area contributed by atoms with E-state index in [0.717, 1.165) is 46.1 Å². The van der Waals surface area contributed by atoms with E-state index in [-0.39, 0.29) is 5.91 Å². The van der Waals surface area contributed by atoms with Gasteiger partial charge in [-0.3, -0.25) is 9.48 Å². The first kappa shape index (κ1) is 21.7. The lowest BCUT2D eigenvalue weighted by atomic mass is 10.1. The smallest absolute Gasteiger partial charge is 0.271 e. The lowest BCUT2D eigenvalue weighted by Crippen LogP contribution is -2.24. The van der Waals surface area contributed by atoms with Gasteiger partial charge in [-0.25, -0.2) is 9.97 Å². The Labute approximate surface area is 198 Å². The van der Waals surface area contributed by atoms with Crippen molar-refractivity contribution in [2.24, 2.45) is 0 Å². The van der Waals surface area contributed by atoms with E-state index in [9.17, 15) is 4.79 Å². The molecule has 0 spiro atoms. The number of aromatic nitrogens is 5. The summed E-state index contributed by atoms with van der Waals surface area (Å²) < 4.78 is 4.02. The van der Waals surface area contributed by atoms with E-state index in [4.69, 9.17) is 5.73 Å². The number of imidazole rings is 1. The third kappa shape index (κ3) is 4.24. The Balaban J connectivity index is 1.29. The van der Waals surface area contributed by atoms with Gasteiger partial charge in [0, 0.05) is 36.0 Å². The van der Waals surface area contributed by atoms with Gasteiger partial charge in [0.15, 0.2) is 0 Å². The molecule has 1 amide bonds. The average Bonchev–Trinajstić information content (AvgIpc) is 3.34. The molecule has 0 fully saturated rings. The Hall–Kier alpha value is -4.14. The summed E-state index contributed by atoms with van der Waals surface area (Å²) in [5.41, 5.74) is 13.6. The van der Waals surface area contributed by atoms with Crippen LogP contribution < -0.4 is 16.4 Å². The summed E-state index contributed by atoms with van der Waals surface area (Å²) in [6, 6.07) is 10.2. The highest BCUT2D eigenvalue weighted by Crippen LogP contribution is 2.24. The summed E-state index contributed by atoms with van der Waals surface area (Å²) >= 11 is 0. The molecule has 4 aromatic rings. The fourth-order valence-electron chi connectivity index (χ4n) is 4.38. The van der Waals surface area contributed by atoms with Gasteiger partial charge in [0.05, 0.1) is 19.6 Å². The summed E-state index contributed by atoms with van der Waals surface area (Å²) in [4.78, 5) is 21.7. The summed E-state index contributed by atoms with van der Waals surface area (Å²) in [5, 5.41) is 10.8. The molecule has 9 nitrogen and oxygen atoms in total. The van der Waals surface area contributed by atoms with Crippen LogP contribution in [0.4, 0.5) is 11.5 Å². The maximum atomic E-state index is 12.8. The number of pyridine rings is 1. The van der Waals surface area contributed by atoms with E-state index >= 15 is 0 Å². The second kappa shape index (κ2) is 8.66. The summed E-state index contributed by atoms with van der Waals surface area (Å²) in [6.45, 7) is 8.22. The number of nitrogen functional groups attached to an aromatic ring is 1. The molecule has 3 aromatic heterocycles. The highest BCUT2D eigenvalue weighted by Gasteiger charge is 2.19. The number of carbonyl (C=O) groups excluding carboxylic acids is 1. The van der Waals surface area contributed by atoms with Crippen molar-refractivity contribution in [3.8, 4) is 0 Å². The van der Waals surface area contributed by atoms with Crippen molar-refractivity contribution in [1.82, 2.24) is 29.6 Å². The maximum absolute atomic E-state index is 12.8. The summed E-state index contributed by atoms with van der Waals surface area (Å²) in [7, 11) is 0. The molecule has 0 radical (unpaired) electrons. The SMILES string of the molecule is Cc1cc(N)nc(C)c1CNC(=O)c1cn2c(n1)CNc1cc(Cn3nccc3C)ccc1C2. The predicted molar refractivity (Wildman–Crippen MR) is 130 cm³/mol. The van der Waals surface area contributed by atoms with Crippen LogP contribution in [0.2, 0.25) is 0 Å². The zero-order valence-corrected chi connectivity index (χ0v) is 19.6. The van der Waals surface area contributed by atoms with Crippen LogP contribution in [0, 0.1) is 20.8 Å². The quantitative estimate of drug-likeness (QED) is 0.425. The second-order valence-corrected chi connectivity index (χ2v) is 8.76. The Kier molecular flexibility index (Phi) is 5.53. The van der Waals surface area contributed by atoms with E-state index in [1.807, 2.05) is 47.6 Å². The molecule has 4 heterocycles. The number of nitrogens with two attached hydrogens (primary N) is 1. The van der Waals surface area contributed by atoms with Gasteiger partial charge in [-0.15, -0.1) is 0 Å². The topological polar surface area (TPSA) is 116 Å². The molecule has 0 aliphatic carbocycles. The van der Waals surface area contributed by atoms with Gasteiger partial charge in [0.2, 0.25) is 0 Å². The number of hydrogen-bond donors (Lipinski definition) is 3. The first-order valence-corrected chi connectivity index (χ1v) is 11.3. The number of nitrogens with one attached hydrogen (secondary N) is 2. The first-order chi connectivity index (χ1) is 16.4. The molecule has 0 bridgehead atoms. The molecule has 174 valence electrons. The minimum absolute atomic E-state index is 0.207. The van der Waals surface area contributed by atoms with Crippen LogP contribution in [0.15, 0.2) is 42.7 Å². The molecule has 1 aliphatic rings. The number of benzene rings is 1. The van der Waals surface area contributed by atoms with Crippen LogP contribution in [0.5, 0.6) is 0 Å². The van der Waals surface area contributed by atoms with Crippen LogP contribution in [0.1, 0.15) is 50.0 Å². The Morgan fingerprint density at radius 2 is 2.03 bits per heavy atom. The van der Waals surface area contributed by atoms with Crippen LogP contribution in [-0.4, -0.2) is 30.2 Å². The number of aryl methyl sites for hydroxylation is 3. The average molecular weight is 457 g/mol. The lowest BCUT2D eigenvalue weighted by molar-refractivity contribution is 0.0946. The normalized spacial score (nSPS) is 12.4. The molecule has 34 heavy (non-hydrogen) atoms. The molecule has 1 aliphatic heterocycles. The van der Waals surface area contributed by atoms with E-state index in [1.54, 1.807) is 0 Å². The monoisotopic (exact) mass is 456 g/mol. The lowest BCUT2D eigenvalue weighted by Gasteiger charge is -2.12. The maximum Gasteiger partial charge on any atom is 0.271 e. The molecular weight excluding hydrogens is 428 g/mol. The van der Waals surface area contributed by atoms with E-state index in [0.29, 0.717) is 31.1 Å². The van der Waals surface area contributed by atoms with Crippen LogP contribution >= 0.6 is 0 Å². The third-order valence-corrected chi connectivity index (χ3v) is 6.30. The molecule has 0 atom stereocenters. The van der Waals surface area contributed by atoms with E-state index in [2.05, 4.69) is 50.8 Å². The van der Waals surface area contributed by atoms with Crippen molar-refractivity contribution in [1.29, 1.82) is 0 Å². The van der Waals surface area contributed by atoms with Crippen molar-refractivity contribution >= 4 is 17.4 Å². The largest absolute Gasteiger partial charge is 0.384 e. The number of hydrogen-bond acceptors (Lipinski definition) is 6. The third-order valence-electron chi connectivity index (χ3n) is 6.30. The summed E-state index contributed by atoms with van der Waals surface area (Å²) in [5.74, 6) is 1.10. The Morgan fingerprint density at radius 1 is 1.18 bits per heavy atom. The number of amides is 1. The Bertz CT molecular complexity index is 1360. The van der Waals surface area contributed by atoms with E-state index < -0.39 is 0 Å². The van der Waals surface area contributed by atoms with E-state index in [1.165, 1.54) is 5.56 Å². The van der Waals surface area contributed by atoms with Crippen molar-refractivity contribution in [2.45, 2.75) is 47.0 Å². The number of nitrogens with zero attached hydrogens (tertiary/aromatic N) is 5. The number of anilines is 2. The molecule has 0 saturated heterocycles. The molecular formula is C25H28N8O. The molecule has 5 rings (SSSR count). The van der Waals surface area contributed by atoms with Gasteiger partial charge in [-0.1, -0.05) is 12.1 Å². The highest BCUT2D eigenvalue weighted by atomic mass is 16.1. The van der Waals surface area contributed by atoms with Crippen molar-refractivity contribution < 1.29 is 4.79 Å². The zero-order valence-electron chi connectivity index (χ0n) is 19.6. The fraction of sp³-hybridized carbons (Fsp3) is 0.280. The van der Waals surface area contributed by atoms with Gasteiger partial charge >= 0.3 is 0 Å². The van der Waals surface area contributed by atoms with Crippen molar-refractivity contribution in [3.05, 3.63) is 87.9 Å². The molecule has 4 N–H and O–H groups in total. The minimum Gasteiger partial charge on any atom is -0.384 e.